The van der Waals surface area contributed by atoms with Crippen LogP contribution in [0.1, 0.15) is 17.7 Å². The summed E-state index contributed by atoms with van der Waals surface area (Å²) in [7, 11) is 1.75. The Balaban J connectivity index is 2.06. The lowest BCUT2D eigenvalue weighted by molar-refractivity contribution is 0.161. The molecule has 5 nitrogen and oxygen atoms in total. The predicted molar refractivity (Wildman–Crippen MR) is 66.9 cm³/mol. The normalized spacial score (nSPS) is 19.9. The molecule has 2 rings (SSSR count). The van der Waals surface area contributed by atoms with E-state index < -0.39 is 0 Å². The molecule has 1 aromatic rings. The van der Waals surface area contributed by atoms with Crippen LogP contribution < -0.4 is 10.6 Å². The summed E-state index contributed by atoms with van der Waals surface area (Å²) in [6.45, 7) is 5.29. The molecular weight excluding hydrogens is 216 g/mol. The van der Waals surface area contributed by atoms with E-state index >= 15 is 0 Å². The Kier molecular flexibility index (Phi) is 3.91. The number of anilines is 1. The topological polar surface area (TPSA) is 64.3 Å². The molecule has 0 aromatic carbocycles. The second-order valence-electron chi connectivity index (χ2n) is 4.54. The van der Waals surface area contributed by atoms with Crippen LogP contribution in [0.25, 0.3) is 0 Å². The molecule has 94 valence electrons. The van der Waals surface area contributed by atoms with Crippen molar-refractivity contribution in [3.63, 3.8) is 0 Å². The third kappa shape index (κ3) is 2.73. The highest BCUT2D eigenvalue weighted by atomic mass is 16.5. The largest absolute Gasteiger partial charge is 0.384 e. The monoisotopic (exact) mass is 236 g/mol. The Hall–Kier alpha value is -1.20. The molecule has 2 heterocycles. The minimum atomic E-state index is 0.498. The van der Waals surface area contributed by atoms with Crippen molar-refractivity contribution in [2.45, 2.75) is 19.9 Å². The van der Waals surface area contributed by atoms with Crippen LogP contribution in [0.3, 0.4) is 0 Å². The lowest BCUT2D eigenvalue weighted by Gasteiger charge is -2.17. The first-order chi connectivity index (χ1) is 8.24. The second-order valence-corrected chi connectivity index (χ2v) is 4.54. The molecule has 1 atom stereocenters. The molecule has 1 aliphatic rings. The number of aromatic nitrogens is 2. The van der Waals surface area contributed by atoms with Crippen LogP contribution in [0.15, 0.2) is 6.20 Å². The molecular formula is C12H20N4O. The molecule has 5 heteroatoms. The van der Waals surface area contributed by atoms with Crippen LogP contribution in [0.4, 0.5) is 5.95 Å². The van der Waals surface area contributed by atoms with Crippen molar-refractivity contribution in [1.82, 2.24) is 9.97 Å². The molecule has 0 radical (unpaired) electrons. The number of ether oxygens (including phenoxy) is 1. The summed E-state index contributed by atoms with van der Waals surface area (Å²) < 4.78 is 5.19. The Morgan fingerprint density at radius 2 is 2.41 bits per heavy atom. The van der Waals surface area contributed by atoms with E-state index in [0.29, 0.717) is 12.5 Å². The smallest absolute Gasteiger partial charge is 0.225 e. The van der Waals surface area contributed by atoms with Crippen molar-refractivity contribution >= 4 is 5.95 Å². The summed E-state index contributed by atoms with van der Waals surface area (Å²) in [4.78, 5) is 11.1. The molecule has 0 spiro atoms. The van der Waals surface area contributed by atoms with Gasteiger partial charge in [-0.2, -0.15) is 0 Å². The summed E-state index contributed by atoms with van der Waals surface area (Å²) in [5, 5.41) is 0. The van der Waals surface area contributed by atoms with Gasteiger partial charge in [-0.25, -0.2) is 9.97 Å². The van der Waals surface area contributed by atoms with Gasteiger partial charge in [0.1, 0.15) is 0 Å². The van der Waals surface area contributed by atoms with Crippen LogP contribution in [0, 0.1) is 12.8 Å². The highest BCUT2D eigenvalue weighted by Crippen LogP contribution is 2.21. The van der Waals surface area contributed by atoms with Gasteiger partial charge in [0.25, 0.3) is 0 Å². The van der Waals surface area contributed by atoms with Gasteiger partial charge in [0.15, 0.2) is 0 Å². The summed E-state index contributed by atoms with van der Waals surface area (Å²) >= 11 is 0. The predicted octanol–water partition coefficient (Wildman–Crippen LogP) is 0.716. The van der Waals surface area contributed by atoms with Crippen molar-refractivity contribution in [2.24, 2.45) is 11.7 Å². The molecule has 0 amide bonds. The van der Waals surface area contributed by atoms with Crippen LogP contribution in [0.2, 0.25) is 0 Å². The molecule has 2 N–H and O–H groups in total. The minimum Gasteiger partial charge on any atom is -0.384 e. The zero-order valence-electron chi connectivity index (χ0n) is 10.5. The second kappa shape index (κ2) is 5.42. The SMILES string of the molecule is COCC1CCN(c2ncc(CN)c(C)n2)C1. The lowest BCUT2D eigenvalue weighted by Crippen LogP contribution is -2.23. The van der Waals surface area contributed by atoms with Gasteiger partial charge in [-0.15, -0.1) is 0 Å². The van der Waals surface area contributed by atoms with Crippen molar-refractivity contribution in [2.75, 3.05) is 31.7 Å². The maximum atomic E-state index is 5.61. The number of nitrogens with two attached hydrogens (primary N) is 1. The minimum absolute atomic E-state index is 0.498. The Labute approximate surface area is 102 Å². The molecule has 17 heavy (non-hydrogen) atoms. The fourth-order valence-corrected chi connectivity index (χ4v) is 2.22. The van der Waals surface area contributed by atoms with Gasteiger partial charge in [-0.1, -0.05) is 0 Å². The Bertz CT molecular complexity index is 383. The summed E-state index contributed by atoms with van der Waals surface area (Å²) in [6, 6.07) is 0. The molecule has 0 saturated carbocycles. The van der Waals surface area contributed by atoms with Crippen LogP contribution in [-0.2, 0) is 11.3 Å². The van der Waals surface area contributed by atoms with Crippen molar-refractivity contribution < 1.29 is 4.74 Å². The third-order valence-corrected chi connectivity index (χ3v) is 3.26. The van der Waals surface area contributed by atoms with Crippen molar-refractivity contribution in [3.8, 4) is 0 Å². The first-order valence-corrected chi connectivity index (χ1v) is 6.01. The average molecular weight is 236 g/mol. The number of nitrogens with zero attached hydrogens (tertiary/aromatic N) is 3. The first kappa shape index (κ1) is 12.3. The van der Waals surface area contributed by atoms with Gasteiger partial charge in [-0.3, -0.25) is 0 Å². The third-order valence-electron chi connectivity index (χ3n) is 3.26. The number of hydrogen-bond acceptors (Lipinski definition) is 5. The number of aryl methyl sites for hydroxylation is 1. The fraction of sp³-hybridized carbons (Fsp3) is 0.667. The highest BCUT2D eigenvalue weighted by molar-refractivity contribution is 5.34. The maximum Gasteiger partial charge on any atom is 0.225 e. The first-order valence-electron chi connectivity index (χ1n) is 6.01. The fourth-order valence-electron chi connectivity index (χ4n) is 2.22. The molecule has 1 saturated heterocycles. The Morgan fingerprint density at radius 1 is 1.59 bits per heavy atom. The van der Waals surface area contributed by atoms with E-state index in [-0.39, 0.29) is 0 Å². The maximum absolute atomic E-state index is 5.61. The van der Waals surface area contributed by atoms with Crippen molar-refractivity contribution in [1.29, 1.82) is 0 Å². The summed E-state index contributed by atoms with van der Waals surface area (Å²) in [5.74, 6) is 1.41. The van der Waals surface area contributed by atoms with Gasteiger partial charge in [0.2, 0.25) is 5.95 Å². The van der Waals surface area contributed by atoms with Crippen LogP contribution in [0.5, 0.6) is 0 Å². The molecule has 1 aliphatic heterocycles. The molecule has 1 unspecified atom stereocenters. The highest BCUT2D eigenvalue weighted by Gasteiger charge is 2.24. The number of rotatable bonds is 4. The number of methoxy groups -OCH3 is 1. The molecule has 0 bridgehead atoms. The van der Waals surface area contributed by atoms with E-state index in [9.17, 15) is 0 Å². The van der Waals surface area contributed by atoms with Crippen molar-refractivity contribution in [3.05, 3.63) is 17.5 Å². The van der Waals surface area contributed by atoms with Gasteiger partial charge in [-0.05, 0) is 13.3 Å². The Morgan fingerprint density at radius 3 is 3.06 bits per heavy atom. The zero-order chi connectivity index (χ0) is 12.3. The van der Waals surface area contributed by atoms with Crippen LogP contribution in [-0.4, -0.2) is 36.8 Å². The van der Waals surface area contributed by atoms with Gasteiger partial charge in [0, 0.05) is 50.1 Å². The van der Waals surface area contributed by atoms with Gasteiger partial charge in [0.05, 0.1) is 6.61 Å². The molecule has 1 aromatic heterocycles. The summed E-state index contributed by atoms with van der Waals surface area (Å²) in [5.41, 5.74) is 7.60. The van der Waals surface area contributed by atoms with Gasteiger partial charge >= 0.3 is 0 Å². The van der Waals surface area contributed by atoms with E-state index in [1.807, 2.05) is 13.1 Å². The quantitative estimate of drug-likeness (QED) is 0.834. The zero-order valence-corrected chi connectivity index (χ0v) is 10.5. The van der Waals surface area contributed by atoms with E-state index in [0.717, 1.165) is 43.3 Å². The summed E-state index contributed by atoms with van der Waals surface area (Å²) in [6.07, 6.45) is 2.98. The van der Waals surface area contributed by atoms with E-state index in [2.05, 4.69) is 14.9 Å². The van der Waals surface area contributed by atoms with E-state index in [4.69, 9.17) is 10.5 Å². The van der Waals surface area contributed by atoms with E-state index in [1.54, 1.807) is 7.11 Å². The average Bonchev–Trinajstić information content (AvgIpc) is 2.78. The standard InChI is InChI=1S/C12H20N4O/c1-9-11(5-13)6-14-12(15-9)16-4-3-10(7-16)8-17-2/h6,10H,3-5,7-8,13H2,1-2H3. The number of hydrogen-bond donors (Lipinski definition) is 1. The molecule has 0 aliphatic carbocycles. The van der Waals surface area contributed by atoms with E-state index in [1.165, 1.54) is 0 Å². The van der Waals surface area contributed by atoms with Gasteiger partial charge < -0.3 is 15.4 Å². The molecule has 1 fully saturated rings. The van der Waals surface area contributed by atoms with Crippen LogP contribution >= 0.6 is 0 Å². The lowest BCUT2D eigenvalue weighted by atomic mass is 10.1.